The van der Waals surface area contributed by atoms with Crippen LogP contribution in [0.25, 0.3) is 10.8 Å². The summed E-state index contributed by atoms with van der Waals surface area (Å²) in [7, 11) is 0. The molecule has 0 unspecified atom stereocenters. The highest BCUT2D eigenvalue weighted by molar-refractivity contribution is 5.90. The molecular weight excluding hydrogens is 404 g/mol. The topological polar surface area (TPSA) is 103 Å². The predicted molar refractivity (Wildman–Crippen MR) is 122 cm³/mol. The third kappa shape index (κ3) is 5.31. The summed E-state index contributed by atoms with van der Waals surface area (Å²) >= 11 is 0. The van der Waals surface area contributed by atoms with Gasteiger partial charge in [0.25, 0.3) is 5.91 Å². The lowest BCUT2D eigenvalue weighted by Crippen LogP contribution is -2.23. The van der Waals surface area contributed by atoms with Gasteiger partial charge >= 0.3 is 0 Å². The Labute approximate surface area is 186 Å². The number of carbonyl (C=O) groups is 1. The first kappa shape index (κ1) is 21.5. The van der Waals surface area contributed by atoms with Gasteiger partial charge in [-0.2, -0.15) is 0 Å². The van der Waals surface area contributed by atoms with Crippen LogP contribution in [0.2, 0.25) is 0 Å². The Morgan fingerprint density at radius 3 is 2.72 bits per heavy atom. The van der Waals surface area contributed by atoms with Gasteiger partial charge < -0.3 is 20.2 Å². The van der Waals surface area contributed by atoms with Crippen LogP contribution in [0.3, 0.4) is 0 Å². The molecule has 0 bridgehead atoms. The van der Waals surface area contributed by atoms with E-state index in [1.807, 2.05) is 67.7 Å². The normalized spacial score (nSPS) is 13.0. The minimum Gasteiger partial charge on any atom is -0.494 e. The molecule has 7 nitrogen and oxygen atoms in total. The van der Waals surface area contributed by atoms with Crippen LogP contribution in [0, 0.1) is 0 Å². The van der Waals surface area contributed by atoms with Crippen molar-refractivity contribution in [2.45, 2.75) is 32.0 Å². The molecule has 2 aromatic carbocycles. The number of imidazole rings is 1. The molecule has 2 aromatic heterocycles. The lowest BCUT2D eigenvalue weighted by atomic mass is 9.99. The maximum absolute atomic E-state index is 11.5. The van der Waals surface area contributed by atoms with E-state index in [1.54, 1.807) is 6.20 Å². The summed E-state index contributed by atoms with van der Waals surface area (Å²) < 4.78 is 12.2. The van der Waals surface area contributed by atoms with Crippen molar-refractivity contribution in [3.05, 3.63) is 90.3 Å². The number of nitrogens with zero attached hydrogens (tertiary/aromatic N) is 2. The second kappa shape index (κ2) is 10.1. The van der Waals surface area contributed by atoms with Crippen molar-refractivity contribution in [1.29, 1.82) is 0 Å². The van der Waals surface area contributed by atoms with Crippen LogP contribution in [0.15, 0.2) is 73.2 Å². The van der Waals surface area contributed by atoms with Crippen LogP contribution in [-0.4, -0.2) is 33.6 Å². The Hall–Kier alpha value is -3.71. The molecule has 4 aromatic rings. The zero-order chi connectivity index (χ0) is 22.3. The van der Waals surface area contributed by atoms with Crippen LogP contribution >= 0.6 is 0 Å². The van der Waals surface area contributed by atoms with Gasteiger partial charge in [0.1, 0.15) is 17.3 Å². The van der Waals surface area contributed by atoms with E-state index in [1.165, 1.54) is 6.20 Å². The Morgan fingerprint density at radius 2 is 1.94 bits per heavy atom. The summed E-state index contributed by atoms with van der Waals surface area (Å²) in [5, 5.41) is 2.14. The minimum atomic E-state index is -0.540. The van der Waals surface area contributed by atoms with Gasteiger partial charge in [-0.05, 0) is 42.5 Å². The lowest BCUT2D eigenvalue weighted by Gasteiger charge is -2.23. The Kier molecular flexibility index (Phi) is 6.77. The van der Waals surface area contributed by atoms with Crippen molar-refractivity contribution >= 4 is 16.7 Å². The largest absolute Gasteiger partial charge is 0.494 e. The molecule has 7 heteroatoms. The van der Waals surface area contributed by atoms with Gasteiger partial charge in [-0.15, -0.1) is 0 Å². The van der Waals surface area contributed by atoms with Crippen molar-refractivity contribution in [3.8, 4) is 5.75 Å². The SMILES string of the molecule is C[C@H](OCc1ccccc1)[C@H](CCOc1ccc2ccncc2c1)c1ncc(C(N)=O)[nH]1. The van der Waals surface area contributed by atoms with Gasteiger partial charge in [-0.25, -0.2) is 4.98 Å². The van der Waals surface area contributed by atoms with Crippen LogP contribution in [-0.2, 0) is 11.3 Å². The third-order valence-electron chi connectivity index (χ3n) is 5.44. The predicted octanol–water partition coefficient (Wildman–Crippen LogP) is 4.21. The highest BCUT2D eigenvalue weighted by Crippen LogP contribution is 2.26. The Balaban J connectivity index is 1.44. The maximum Gasteiger partial charge on any atom is 0.266 e. The van der Waals surface area contributed by atoms with Gasteiger partial charge in [0.2, 0.25) is 0 Å². The molecule has 2 heterocycles. The standard InChI is InChI=1S/C25H26N4O3/c1-17(32-16-18-5-3-2-4-6-18)22(25-28-15-23(29-25)24(26)30)10-12-31-21-8-7-19-9-11-27-14-20(19)13-21/h2-9,11,13-15,17,22H,10,12,16H2,1H3,(H2,26,30)(H,28,29)/t17-,22-/m0/s1. The van der Waals surface area contributed by atoms with Gasteiger partial charge in [0.15, 0.2) is 0 Å². The summed E-state index contributed by atoms with van der Waals surface area (Å²) in [6.45, 7) is 2.95. The summed E-state index contributed by atoms with van der Waals surface area (Å²) in [5.41, 5.74) is 6.76. The zero-order valence-electron chi connectivity index (χ0n) is 17.9. The molecule has 0 spiro atoms. The first-order valence-corrected chi connectivity index (χ1v) is 10.6. The number of pyridine rings is 1. The second-order valence-corrected chi connectivity index (χ2v) is 7.68. The number of ether oxygens (including phenoxy) is 2. The van der Waals surface area contributed by atoms with E-state index in [-0.39, 0.29) is 17.7 Å². The molecule has 0 saturated heterocycles. The van der Waals surface area contributed by atoms with Crippen molar-refractivity contribution < 1.29 is 14.3 Å². The number of hydrogen-bond acceptors (Lipinski definition) is 5. The second-order valence-electron chi connectivity index (χ2n) is 7.68. The molecular formula is C25H26N4O3. The number of aromatic amines is 1. The van der Waals surface area contributed by atoms with Crippen molar-refractivity contribution in [2.24, 2.45) is 5.73 Å². The number of H-pyrrole nitrogens is 1. The number of nitrogens with one attached hydrogen (secondary N) is 1. The van der Waals surface area contributed by atoms with Crippen LogP contribution < -0.4 is 10.5 Å². The number of aromatic nitrogens is 3. The van der Waals surface area contributed by atoms with Crippen molar-refractivity contribution in [2.75, 3.05) is 6.61 Å². The molecule has 3 N–H and O–H groups in total. The fourth-order valence-corrected chi connectivity index (χ4v) is 3.62. The number of amides is 1. The number of primary amides is 1. The third-order valence-corrected chi connectivity index (χ3v) is 5.44. The monoisotopic (exact) mass is 430 g/mol. The highest BCUT2D eigenvalue weighted by atomic mass is 16.5. The molecule has 0 fully saturated rings. The van der Waals surface area contributed by atoms with Crippen molar-refractivity contribution in [1.82, 2.24) is 15.0 Å². The lowest BCUT2D eigenvalue weighted by molar-refractivity contribution is 0.0277. The fraction of sp³-hybridized carbons (Fsp3) is 0.240. The van der Waals surface area contributed by atoms with E-state index >= 15 is 0 Å². The summed E-state index contributed by atoms with van der Waals surface area (Å²) in [6, 6.07) is 17.9. The first-order valence-electron chi connectivity index (χ1n) is 10.6. The summed E-state index contributed by atoms with van der Waals surface area (Å²) in [4.78, 5) is 23.1. The van der Waals surface area contributed by atoms with E-state index in [4.69, 9.17) is 15.2 Å². The van der Waals surface area contributed by atoms with Gasteiger partial charge in [0, 0.05) is 23.7 Å². The number of carbonyl (C=O) groups excluding carboxylic acids is 1. The van der Waals surface area contributed by atoms with E-state index in [0.29, 0.717) is 25.5 Å². The average Bonchev–Trinajstić information content (AvgIpc) is 3.31. The average molecular weight is 431 g/mol. The number of nitrogens with two attached hydrogens (primary N) is 1. The maximum atomic E-state index is 11.5. The van der Waals surface area contributed by atoms with E-state index < -0.39 is 5.91 Å². The molecule has 32 heavy (non-hydrogen) atoms. The molecule has 0 saturated carbocycles. The van der Waals surface area contributed by atoms with E-state index in [2.05, 4.69) is 15.0 Å². The first-order chi connectivity index (χ1) is 15.6. The molecule has 2 atom stereocenters. The van der Waals surface area contributed by atoms with Crippen LogP contribution in [0.4, 0.5) is 0 Å². The number of rotatable bonds is 10. The minimum absolute atomic E-state index is 0.103. The molecule has 1 amide bonds. The molecule has 0 aliphatic rings. The van der Waals surface area contributed by atoms with Gasteiger partial charge in [-0.1, -0.05) is 36.4 Å². The van der Waals surface area contributed by atoms with Crippen molar-refractivity contribution in [3.63, 3.8) is 0 Å². The molecule has 0 radical (unpaired) electrons. The Bertz CT molecular complexity index is 1180. The number of fused-ring (bicyclic) bond motifs is 1. The van der Waals surface area contributed by atoms with Gasteiger partial charge in [-0.3, -0.25) is 9.78 Å². The molecule has 164 valence electrons. The quantitative estimate of drug-likeness (QED) is 0.392. The zero-order valence-corrected chi connectivity index (χ0v) is 17.9. The number of benzene rings is 2. The molecule has 4 rings (SSSR count). The molecule has 0 aliphatic heterocycles. The number of hydrogen-bond donors (Lipinski definition) is 2. The van der Waals surface area contributed by atoms with E-state index in [9.17, 15) is 4.79 Å². The van der Waals surface area contributed by atoms with Gasteiger partial charge in [0.05, 0.1) is 25.5 Å². The van der Waals surface area contributed by atoms with Crippen LogP contribution in [0.5, 0.6) is 5.75 Å². The summed E-state index contributed by atoms with van der Waals surface area (Å²) in [6.07, 6.45) is 5.54. The van der Waals surface area contributed by atoms with Crippen LogP contribution in [0.1, 0.15) is 41.1 Å². The highest BCUT2D eigenvalue weighted by Gasteiger charge is 2.24. The van der Waals surface area contributed by atoms with E-state index in [0.717, 1.165) is 22.1 Å². The fourth-order valence-electron chi connectivity index (χ4n) is 3.62. The summed E-state index contributed by atoms with van der Waals surface area (Å²) in [5.74, 6) is 0.792. The Morgan fingerprint density at radius 1 is 1.09 bits per heavy atom. The molecule has 0 aliphatic carbocycles. The smallest absolute Gasteiger partial charge is 0.266 e.